The molecule has 3 atom stereocenters. The van der Waals surface area contributed by atoms with Crippen LogP contribution in [0.15, 0.2) is 24.3 Å². The van der Waals surface area contributed by atoms with E-state index in [1.807, 2.05) is 6.92 Å². The Hall–Kier alpha value is -1.10. The maximum absolute atomic E-state index is 9.91. The molecule has 0 saturated carbocycles. The van der Waals surface area contributed by atoms with Crippen molar-refractivity contribution in [2.75, 3.05) is 32.1 Å². The summed E-state index contributed by atoms with van der Waals surface area (Å²) in [5, 5.41) is 9.91. The third-order valence-corrected chi connectivity index (χ3v) is 3.72. The molecular formula is C15H25N3O. The Morgan fingerprint density at radius 1 is 1.37 bits per heavy atom. The summed E-state index contributed by atoms with van der Waals surface area (Å²) < 4.78 is 0. The Morgan fingerprint density at radius 2 is 2.00 bits per heavy atom. The highest BCUT2D eigenvalue weighted by molar-refractivity contribution is 5.50. The largest absolute Gasteiger partial charge is 0.391 e. The van der Waals surface area contributed by atoms with Gasteiger partial charge >= 0.3 is 0 Å². The first-order valence-electron chi connectivity index (χ1n) is 6.92. The van der Waals surface area contributed by atoms with Gasteiger partial charge in [-0.25, -0.2) is 0 Å². The lowest BCUT2D eigenvalue weighted by Crippen LogP contribution is -2.37. The van der Waals surface area contributed by atoms with E-state index in [1.165, 1.54) is 5.69 Å². The molecule has 1 aromatic rings. The third-order valence-electron chi connectivity index (χ3n) is 3.72. The van der Waals surface area contributed by atoms with Crippen molar-refractivity contribution in [3.8, 4) is 0 Å². The second kappa shape index (κ2) is 5.90. The van der Waals surface area contributed by atoms with Gasteiger partial charge in [0.1, 0.15) is 0 Å². The van der Waals surface area contributed by atoms with Crippen molar-refractivity contribution in [1.29, 1.82) is 0 Å². The molecule has 0 radical (unpaired) electrons. The number of nitrogens with two attached hydrogens (primary N) is 1. The number of hydrogen-bond acceptors (Lipinski definition) is 4. The monoisotopic (exact) mass is 263 g/mol. The summed E-state index contributed by atoms with van der Waals surface area (Å²) in [6.45, 7) is 3.67. The zero-order valence-corrected chi connectivity index (χ0v) is 12.1. The summed E-state index contributed by atoms with van der Waals surface area (Å²) in [7, 11) is 4.14. The number of hydrogen-bond donors (Lipinski definition) is 2. The Labute approximate surface area is 115 Å². The van der Waals surface area contributed by atoms with Crippen LogP contribution in [0.5, 0.6) is 0 Å². The predicted molar refractivity (Wildman–Crippen MR) is 79.4 cm³/mol. The van der Waals surface area contributed by atoms with Crippen molar-refractivity contribution in [3.63, 3.8) is 0 Å². The van der Waals surface area contributed by atoms with E-state index in [9.17, 15) is 5.11 Å². The summed E-state index contributed by atoms with van der Waals surface area (Å²) in [5.74, 6) is 0. The minimum absolute atomic E-state index is 0.0655. The SMILES string of the molecule is C[C@H](N)c1ccc(N2CC(O)CC2CN(C)C)cc1. The van der Waals surface area contributed by atoms with Crippen molar-refractivity contribution in [2.45, 2.75) is 31.5 Å². The first-order chi connectivity index (χ1) is 8.97. The highest BCUT2D eigenvalue weighted by Crippen LogP contribution is 2.27. The van der Waals surface area contributed by atoms with Gasteiger partial charge in [-0.3, -0.25) is 0 Å². The van der Waals surface area contributed by atoms with Gasteiger partial charge in [-0.15, -0.1) is 0 Å². The maximum Gasteiger partial charge on any atom is 0.0735 e. The van der Waals surface area contributed by atoms with Gasteiger partial charge in [0.25, 0.3) is 0 Å². The molecule has 0 bridgehead atoms. The molecule has 1 aliphatic heterocycles. The molecule has 19 heavy (non-hydrogen) atoms. The first kappa shape index (κ1) is 14.3. The molecular weight excluding hydrogens is 238 g/mol. The summed E-state index contributed by atoms with van der Waals surface area (Å²) in [6.07, 6.45) is 0.616. The summed E-state index contributed by atoms with van der Waals surface area (Å²) >= 11 is 0. The standard InChI is InChI=1S/C15H25N3O/c1-11(16)12-4-6-13(7-5-12)18-10-15(19)8-14(18)9-17(2)3/h4-7,11,14-15,19H,8-10,16H2,1-3H3/t11-,14?,15?/m0/s1. The van der Waals surface area contributed by atoms with Crippen LogP contribution in [0.1, 0.15) is 24.9 Å². The number of anilines is 1. The fraction of sp³-hybridized carbons (Fsp3) is 0.600. The summed E-state index contributed by atoms with van der Waals surface area (Å²) in [5.41, 5.74) is 8.19. The number of benzene rings is 1. The molecule has 106 valence electrons. The van der Waals surface area contributed by atoms with Gasteiger partial charge in [0.2, 0.25) is 0 Å². The number of nitrogens with zero attached hydrogens (tertiary/aromatic N) is 2. The van der Waals surface area contributed by atoms with E-state index in [-0.39, 0.29) is 12.1 Å². The second-order valence-electron chi connectivity index (χ2n) is 5.84. The van der Waals surface area contributed by atoms with Crippen molar-refractivity contribution >= 4 is 5.69 Å². The molecule has 1 saturated heterocycles. The van der Waals surface area contributed by atoms with E-state index >= 15 is 0 Å². The molecule has 2 rings (SSSR count). The quantitative estimate of drug-likeness (QED) is 0.857. The number of rotatable bonds is 4. The lowest BCUT2D eigenvalue weighted by atomic mass is 10.1. The average Bonchev–Trinajstić information content (AvgIpc) is 2.69. The summed E-state index contributed by atoms with van der Waals surface area (Å²) in [4.78, 5) is 4.47. The lowest BCUT2D eigenvalue weighted by Gasteiger charge is -2.29. The van der Waals surface area contributed by atoms with Gasteiger partial charge in [-0.05, 0) is 45.1 Å². The normalized spacial score (nSPS) is 25.1. The van der Waals surface area contributed by atoms with E-state index in [2.05, 4.69) is 48.2 Å². The van der Waals surface area contributed by atoms with Gasteiger partial charge < -0.3 is 20.6 Å². The van der Waals surface area contributed by atoms with Crippen molar-refractivity contribution in [1.82, 2.24) is 4.90 Å². The fourth-order valence-corrected chi connectivity index (χ4v) is 2.77. The molecule has 1 heterocycles. The predicted octanol–water partition coefficient (Wildman–Crippen LogP) is 1.21. The maximum atomic E-state index is 9.91. The van der Waals surface area contributed by atoms with Crippen molar-refractivity contribution < 1.29 is 5.11 Å². The molecule has 2 unspecified atom stereocenters. The number of β-amino-alcohol motifs (C(OH)–C–C–N with tert-alkyl or cyclic N) is 1. The smallest absolute Gasteiger partial charge is 0.0735 e. The molecule has 0 spiro atoms. The van der Waals surface area contributed by atoms with Crippen LogP contribution in [-0.4, -0.2) is 49.3 Å². The lowest BCUT2D eigenvalue weighted by molar-refractivity contribution is 0.191. The number of likely N-dealkylation sites (N-methyl/N-ethyl adjacent to an activating group) is 1. The fourth-order valence-electron chi connectivity index (χ4n) is 2.77. The first-order valence-corrected chi connectivity index (χ1v) is 6.92. The molecule has 0 amide bonds. The zero-order valence-electron chi connectivity index (χ0n) is 12.1. The molecule has 1 aliphatic rings. The highest BCUT2D eigenvalue weighted by Gasteiger charge is 2.31. The van der Waals surface area contributed by atoms with Gasteiger partial charge in [0, 0.05) is 30.9 Å². The molecule has 4 nitrogen and oxygen atoms in total. The summed E-state index contributed by atoms with van der Waals surface area (Å²) in [6, 6.07) is 8.83. The topological polar surface area (TPSA) is 52.7 Å². The average molecular weight is 263 g/mol. The van der Waals surface area contributed by atoms with Crippen LogP contribution in [0.4, 0.5) is 5.69 Å². The number of aliphatic hydroxyl groups is 1. The molecule has 0 aliphatic carbocycles. The van der Waals surface area contributed by atoms with E-state index in [0.717, 1.165) is 25.1 Å². The Kier molecular flexibility index (Phi) is 4.45. The van der Waals surface area contributed by atoms with Crippen LogP contribution in [0.25, 0.3) is 0 Å². The number of aliphatic hydroxyl groups excluding tert-OH is 1. The van der Waals surface area contributed by atoms with E-state index in [4.69, 9.17) is 5.73 Å². The van der Waals surface area contributed by atoms with Gasteiger partial charge in [0.15, 0.2) is 0 Å². The van der Waals surface area contributed by atoms with E-state index in [1.54, 1.807) is 0 Å². The molecule has 1 aromatic carbocycles. The van der Waals surface area contributed by atoms with E-state index < -0.39 is 0 Å². The third kappa shape index (κ3) is 3.47. The minimum atomic E-state index is -0.224. The van der Waals surface area contributed by atoms with Crippen molar-refractivity contribution in [2.24, 2.45) is 5.73 Å². The van der Waals surface area contributed by atoms with Crippen LogP contribution < -0.4 is 10.6 Å². The van der Waals surface area contributed by atoms with Crippen LogP contribution in [0.3, 0.4) is 0 Å². The second-order valence-corrected chi connectivity index (χ2v) is 5.84. The van der Waals surface area contributed by atoms with Gasteiger partial charge in [0.05, 0.1) is 6.10 Å². The molecule has 1 fully saturated rings. The van der Waals surface area contributed by atoms with Gasteiger partial charge in [-0.1, -0.05) is 12.1 Å². The van der Waals surface area contributed by atoms with Crippen LogP contribution in [0, 0.1) is 0 Å². The zero-order chi connectivity index (χ0) is 14.0. The van der Waals surface area contributed by atoms with E-state index in [0.29, 0.717) is 6.04 Å². The Morgan fingerprint density at radius 3 is 2.53 bits per heavy atom. The Bertz CT molecular complexity index is 402. The van der Waals surface area contributed by atoms with Crippen molar-refractivity contribution in [3.05, 3.63) is 29.8 Å². The van der Waals surface area contributed by atoms with Crippen LogP contribution in [0.2, 0.25) is 0 Å². The minimum Gasteiger partial charge on any atom is -0.391 e. The van der Waals surface area contributed by atoms with Gasteiger partial charge in [-0.2, -0.15) is 0 Å². The Balaban J connectivity index is 2.14. The van der Waals surface area contributed by atoms with Crippen LogP contribution >= 0.6 is 0 Å². The molecule has 4 heteroatoms. The highest BCUT2D eigenvalue weighted by atomic mass is 16.3. The molecule has 0 aromatic heterocycles. The van der Waals surface area contributed by atoms with Crippen LogP contribution in [-0.2, 0) is 0 Å². The molecule has 3 N–H and O–H groups in total.